The Labute approximate surface area is 76.6 Å². The maximum absolute atomic E-state index is 8.47. The third-order valence-corrected chi connectivity index (χ3v) is 1.66. The van der Waals surface area contributed by atoms with Crippen LogP contribution in [0, 0.1) is 5.39 Å². The molecule has 1 heterocycles. The lowest BCUT2D eigenvalue weighted by molar-refractivity contribution is 0.801. The molecule has 1 aromatic rings. The molecule has 1 unspecified atom stereocenters. The summed E-state index contributed by atoms with van der Waals surface area (Å²) in [4.78, 5) is 6.96. The van der Waals surface area contributed by atoms with E-state index in [-0.39, 0.29) is 0 Å². The second-order valence-electron chi connectivity index (χ2n) is 2.72. The van der Waals surface area contributed by atoms with Crippen molar-refractivity contribution in [1.82, 2.24) is 10.3 Å². The monoisotopic (exact) mass is 178 g/mol. The van der Waals surface area contributed by atoms with Crippen molar-refractivity contribution in [2.24, 2.45) is 5.73 Å². The Balaban J connectivity index is 2.86. The summed E-state index contributed by atoms with van der Waals surface area (Å²) in [6.07, 6.45) is 2.62. The standard InChI is InChI=1S/C8H12N5/c1-11-3-6-2-7(5-12-4-6)8(9)13-10/h2,4-5,8,11H,3,9H2,1H3/q+1. The highest BCUT2D eigenvalue weighted by atomic mass is 15.0. The first kappa shape index (κ1) is 9.58. The second-order valence-corrected chi connectivity index (χ2v) is 2.72. The van der Waals surface area contributed by atoms with Crippen molar-refractivity contribution in [3.05, 3.63) is 34.6 Å². The summed E-state index contributed by atoms with van der Waals surface area (Å²) in [6.45, 7) is 0.721. The molecule has 0 aliphatic carbocycles. The Morgan fingerprint density at radius 2 is 2.46 bits per heavy atom. The molecule has 0 fully saturated rings. The fourth-order valence-electron chi connectivity index (χ4n) is 1.04. The van der Waals surface area contributed by atoms with Crippen LogP contribution in [0.3, 0.4) is 0 Å². The van der Waals surface area contributed by atoms with Crippen molar-refractivity contribution in [1.29, 1.82) is 5.39 Å². The number of pyridine rings is 1. The van der Waals surface area contributed by atoms with Gasteiger partial charge in [0, 0.05) is 18.9 Å². The smallest absolute Gasteiger partial charge is 0.316 e. The molecule has 1 aromatic heterocycles. The molecular formula is C8H12N5+. The molecule has 13 heavy (non-hydrogen) atoms. The maximum atomic E-state index is 8.47. The highest BCUT2D eigenvalue weighted by Crippen LogP contribution is 2.11. The van der Waals surface area contributed by atoms with Crippen LogP contribution in [0.15, 0.2) is 18.5 Å². The van der Waals surface area contributed by atoms with Gasteiger partial charge in [0.1, 0.15) is 4.98 Å². The van der Waals surface area contributed by atoms with E-state index < -0.39 is 6.17 Å². The molecule has 0 aliphatic heterocycles. The molecule has 0 aliphatic rings. The van der Waals surface area contributed by atoms with Crippen LogP contribution >= 0.6 is 0 Å². The van der Waals surface area contributed by atoms with E-state index in [9.17, 15) is 0 Å². The molecule has 68 valence electrons. The summed E-state index contributed by atoms with van der Waals surface area (Å²) in [5.74, 6) is 0. The fraction of sp³-hybridized carbons (Fsp3) is 0.375. The molecule has 1 rings (SSSR count). The highest BCUT2D eigenvalue weighted by molar-refractivity contribution is 5.21. The van der Waals surface area contributed by atoms with E-state index in [1.54, 1.807) is 12.4 Å². The third-order valence-electron chi connectivity index (χ3n) is 1.66. The van der Waals surface area contributed by atoms with Gasteiger partial charge in [-0.25, -0.2) is 5.73 Å². The average molecular weight is 178 g/mol. The quantitative estimate of drug-likeness (QED) is 0.665. The van der Waals surface area contributed by atoms with Crippen LogP contribution in [0.5, 0.6) is 0 Å². The summed E-state index contributed by atoms with van der Waals surface area (Å²) < 4.78 is 0. The molecule has 3 N–H and O–H groups in total. The van der Waals surface area contributed by atoms with Gasteiger partial charge < -0.3 is 5.32 Å². The number of nitrogens with zero attached hydrogens (tertiary/aromatic N) is 3. The van der Waals surface area contributed by atoms with E-state index in [4.69, 9.17) is 11.1 Å². The first-order valence-corrected chi connectivity index (χ1v) is 3.96. The van der Waals surface area contributed by atoms with Gasteiger partial charge in [-0.2, -0.15) is 0 Å². The lowest BCUT2D eigenvalue weighted by Gasteiger charge is -2.00. The van der Waals surface area contributed by atoms with Gasteiger partial charge in [-0.05, 0) is 18.7 Å². The lowest BCUT2D eigenvalue weighted by atomic mass is 10.2. The van der Waals surface area contributed by atoms with Crippen molar-refractivity contribution in [2.75, 3.05) is 7.05 Å². The van der Waals surface area contributed by atoms with Crippen LogP contribution in [0.4, 0.5) is 0 Å². The van der Waals surface area contributed by atoms with Gasteiger partial charge in [-0.15, -0.1) is 0 Å². The van der Waals surface area contributed by atoms with Crippen molar-refractivity contribution in [3.63, 3.8) is 0 Å². The number of diazo groups is 1. The molecular weight excluding hydrogens is 166 g/mol. The van der Waals surface area contributed by atoms with E-state index in [1.165, 1.54) is 0 Å². The summed E-state index contributed by atoms with van der Waals surface area (Å²) in [5.41, 5.74) is 7.20. The Kier molecular flexibility index (Phi) is 3.31. The predicted octanol–water partition coefficient (Wildman–Crippen LogP) is 0.611. The predicted molar refractivity (Wildman–Crippen MR) is 49.0 cm³/mol. The largest absolute Gasteiger partial charge is 0.393 e. The van der Waals surface area contributed by atoms with Gasteiger partial charge in [-0.1, -0.05) is 0 Å². The number of nitrogens with one attached hydrogen (secondary N) is 1. The maximum Gasteiger partial charge on any atom is 0.393 e. The van der Waals surface area contributed by atoms with Crippen LogP contribution in [0.2, 0.25) is 0 Å². The van der Waals surface area contributed by atoms with Crippen LogP contribution in [0.1, 0.15) is 17.3 Å². The minimum Gasteiger partial charge on any atom is -0.316 e. The van der Waals surface area contributed by atoms with Crippen molar-refractivity contribution >= 4 is 0 Å². The van der Waals surface area contributed by atoms with Gasteiger partial charge in [0.05, 0.1) is 5.56 Å². The molecule has 0 saturated heterocycles. The topological polar surface area (TPSA) is 79.1 Å². The van der Waals surface area contributed by atoms with Gasteiger partial charge in [0.25, 0.3) is 0 Å². The van der Waals surface area contributed by atoms with Gasteiger partial charge in [-0.3, -0.25) is 4.98 Å². The molecule has 0 amide bonds. The van der Waals surface area contributed by atoms with Gasteiger partial charge in [0.15, 0.2) is 0 Å². The Morgan fingerprint density at radius 1 is 1.69 bits per heavy atom. The lowest BCUT2D eigenvalue weighted by Crippen LogP contribution is -2.09. The zero-order chi connectivity index (χ0) is 9.68. The zero-order valence-electron chi connectivity index (χ0n) is 7.44. The molecule has 0 radical (unpaired) electrons. The normalized spacial score (nSPS) is 12.1. The third kappa shape index (κ3) is 2.47. The van der Waals surface area contributed by atoms with Gasteiger partial charge in [0.2, 0.25) is 5.39 Å². The Morgan fingerprint density at radius 3 is 3.08 bits per heavy atom. The minimum atomic E-state index is -0.704. The first-order chi connectivity index (χ1) is 6.27. The molecule has 5 nitrogen and oxygen atoms in total. The number of nitrogens with two attached hydrogens (primary N) is 1. The van der Waals surface area contributed by atoms with E-state index in [2.05, 4.69) is 15.3 Å². The minimum absolute atomic E-state index is 0.704. The summed E-state index contributed by atoms with van der Waals surface area (Å²) in [5, 5.41) is 11.5. The Bertz CT molecular complexity index is 317. The fourth-order valence-corrected chi connectivity index (χ4v) is 1.04. The number of rotatable bonds is 3. The molecule has 5 heteroatoms. The van der Waals surface area contributed by atoms with E-state index in [1.807, 2.05) is 13.1 Å². The highest BCUT2D eigenvalue weighted by Gasteiger charge is 2.16. The molecule has 0 bridgehead atoms. The first-order valence-electron chi connectivity index (χ1n) is 3.96. The van der Waals surface area contributed by atoms with Crippen LogP contribution in [-0.4, -0.2) is 12.0 Å². The Hall–Kier alpha value is -1.51. The molecule has 0 saturated carbocycles. The number of aromatic nitrogens is 1. The summed E-state index contributed by atoms with van der Waals surface area (Å²) >= 11 is 0. The van der Waals surface area contributed by atoms with Crippen molar-refractivity contribution in [3.8, 4) is 0 Å². The number of hydrogen-bond donors (Lipinski definition) is 2. The second kappa shape index (κ2) is 4.50. The van der Waals surface area contributed by atoms with E-state index >= 15 is 0 Å². The number of hydrogen-bond acceptors (Lipinski definition) is 4. The summed E-state index contributed by atoms with van der Waals surface area (Å²) in [6, 6.07) is 1.86. The SMILES string of the molecule is CNCc1cncc(C(N)[N+]#N)c1. The van der Waals surface area contributed by atoms with Crippen LogP contribution < -0.4 is 11.1 Å². The summed E-state index contributed by atoms with van der Waals surface area (Å²) in [7, 11) is 1.85. The average Bonchev–Trinajstić information content (AvgIpc) is 2.18. The molecule has 0 spiro atoms. The zero-order valence-corrected chi connectivity index (χ0v) is 7.44. The van der Waals surface area contributed by atoms with Crippen LogP contribution in [-0.2, 0) is 6.54 Å². The van der Waals surface area contributed by atoms with Crippen molar-refractivity contribution in [2.45, 2.75) is 12.7 Å². The van der Waals surface area contributed by atoms with Gasteiger partial charge >= 0.3 is 6.17 Å². The van der Waals surface area contributed by atoms with Crippen LogP contribution in [0.25, 0.3) is 4.98 Å². The molecule has 0 aromatic carbocycles. The van der Waals surface area contributed by atoms with E-state index in [0.717, 1.165) is 12.1 Å². The molecule has 1 atom stereocenters. The van der Waals surface area contributed by atoms with E-state index in [0.29, 0.717) is 5.56 Å². The van der Waals surface area contributed by atoms with Crippen molar-refractivity contribution < 1.29 is 0 Å².